The third-order valence-electron chi connectivity index (χ3n) is 2.46. The Morgan fingerprint density at radius 3 is 2.57 bits per heavy atom. The maximum Gasteiger partial charge on any atom is 0.242 e. The lowest BCUT2D eigenvalue weighted by molar-refractivity contribution is -0.148. The molecule has 1 fully saturated rings. The van der Waals surface area contributed by atoms with Crippen LogP contribution in [0.1, 0.15) is 13.3 Å². The second kappa shape index (κ2) is 4.41. The Kier molecular flexibility index (Phi) is 3.46. The summed E-state index contributed by atoms with van der Waals surface area (Å²) < 4.78 is 0. The van der Waals surface area contributed by atoms with E-state index in [1.165, 1.54) is 9.80 Å². The van der Waals surface area contributed by atoms with E-state index in [2.05, 4.69) is 0 Å². The van der Waals surface area contributed by atoms with E-state index in [0.717, 1.165) is 6.42 Å². The topological polar surface area (TPSA) is 66.6 Å². The molecule has 0 aromatic carbocycles. The monoisotopic (exact) mass is 199 g/mol. The van der Waals surface area contributed by atoms with Crippen LogP contribution in [0, 0.1) is 0 Å². The van der Waals surface area contributed by atoms with Crippen LogP contribution in [0.3, 0.4) is 0 Å². The first-order valence-electron chi connectivity index (χ1n) is 4.82. The van der Waals surface area contributed by atoms with Crippen LogP contribution in [-0.2, 0) is 9.59 Å². The Bertz CT molecular complexity index is 242. The van der Waals surface area contributed by atoms with E-state index < -0.39 is 0 Å². The molecule has 0 aromatic rings. The van der Waals surface area contributed by atoms with Crippen molar-refractivity contribution in [2.45, 2.75) is 19.4 Å². The molecule has 1 aliphatic rings. The van der Waals surface area contributed by atoms with E-state index in [1.807, 2.05) is 6.92 Å². The molecule has 0 aromatic heterocycles. The number of hydrogen-bond acceptors (Lipinski definition) is 3. The number of carbonyl (C=O) groups is 2. The van der Waals surface area contributed by atoms with E-state index in [-0.39, 0.29) is 30.9 Å². The van der Waals surface area contributed by atoms with E-state index in [9.17, 15) is 9.59 Å². The molecule has 14 heavy (non-hydrogen) atoms. The number of nitrogens with two attached hydrogens (primary N) is 1. The van der Waals surface area contributed by atoms with Crippen LogP contribution in [0.5, 0.6) is 0 Å². The fourth-order valence-corrected chi connectivity index (χ4v) is 1.34. The van der Waals surface area contributed by atoms with Gasteiger partial charge in [-0.1, -0.05) is 6.92 Å². The van der Waals surface area contributed by atoms with Gasteiger partial charge in [0.25, 0.3) is 0 Å². The Morgan fingerprint density at radius 1 is 1.36 bits per heavy atom. The molecule has 1 rings (SSSR count). The summed E-state index contributed by atoms with van der Waals surface area (Å²) in [6.45, 7) is 2.79. The Hall–Kier alpha value is -1.10. The van der Waals surface area contributed by atoms with Crippen LogP contribution in [0.2, 0.25) is 0 Å². The lowest BCUT2D eigenvalue weighted by Crippen LogP contribution is -2.54. The molecule has 0 aliphatic carbocycles. The number of carbonyl (C=O) groups excluding carboxylic acids is 2. The third kappa shape index (κ3) is 2.45. The van der Waals surface area contributed by atoms with Gasteiger partial charge >= 0.3 is 0 Å². The maximum absolute atomic E-state index is 11.5. The first-order chi connectivity index (χ1) is 6.54. The van der Waals surface area contributed by atoms with Crippen molar-refractivity contribution < 1.29 is 9.59 Å². The minimum atomic E-state index is -0.0323. The quantitative estimate of drug-likeness (QED) is 0.635. The van der Waals surface area contributed by atoms with Gasteiger partial charge in [-0.15, -0.1) is 0 Å². The van der Waals surface area contributed by atoms with E-state index in [4.69, 9.17) is 5.73 Å². The fraction of sp³-hybridized carbons (Fsp3) is 0.778. The lowest BCUT2D eigenvalue weighted by Gasteiger charge is -2.32. The molecule has 2 amide bonds. The molecule has 0 bridgehead atoms. The molecule has 5 nitrogen and oxygen atoms in total. The molecule has 2 N–H and O–H groups in total. The summed E-state index contributed by atoms with van der Waals surface area (Å²) in [7, 11) is 1.64. The molecule has 1 saturated heterocycles. The summed E-state index contributed by atoms with van der Waals surface area (Å²) in [6, 6.07) is -0.0323. The number of piperazine rings is 1. The number of nitrogens with zero attached hydrogens (tertiary/aromatic N) is 2. The largest absolute Gasteiger partial charge is 0.335 e. The lowest BCUT2D eigenvalue weighted by atomic mass is 10.2. The maximum atomic E-state index is 11.5. The average molecular weight is 199 g/mol. The van der Waals surface area contributed by atoms with Crippen LogP contribution in [-0.4, -0.2) is 54.3 Å². The summed E-state index contributed by atoms with van der Waals surface area (Å²) in [4.78, 5) is 25.8. The summed E-state index contributed by atoms with van der Waals surface area (Å²) in [5.74, 6) is -0.0381. The van der Waals surface area contributed by atoms with Crippen molar-refractivity contribution in [2.24, 2.45) is 5.73 Å². The van der Waals surface area contributed by atoms with E-state index in [0.29, 0.717) is 6.54 Å². The smallest absolute Gasteiger partial charge is 0.242 e. The Morgan fingerprint density at radius 2 is 2.00 bits per heavy atom. The van der Waals surface area contributed by atoms with Gasteiger partial charge in [0.2, 0.25) is 11.8 Å². The van der Waals surface area contributed by atoms with Gasteiger partial charge in [0.05, 0.1) is 13.1 Å². The van der Waals surface area contributed by atoms with Gasteiger partial charge in [0.15, 0.2) is 0 Å². The highest BCUT2D eigenvalue weighted by molar-refractivity contribution is 5.92. The van der Waals surface area contributed by atoms with Crippen molar-refractivity contribution in [3.8, 4) is 0 Å². The molecule has 1 unspecified atom stereocenters. The first kappa shape index (κ1) is 11.0. The molecule has 80 valence electrons. The minimum Gasteiger partial charge on any atom is -0.335 e. The van der Waals surface area contributed by atoms with Gasteiger partial charge in [-0.3, -0.25) is 9.59 Å². The normalized spacial score (nSPS) is 20.2. The van der Waals surface area contributed by atoms with Crippen LogP contribution in [0.4, 0.5) is 0 Å². The number of likely N-dealkylation sites (N-methyl/N-ethyl adjacent to an activating group) is 1. The standard InChI is InChI=1S/C9H17N3O2/c1-3-7(10)4-12-6-8(13)11(2)5-9(12)14/h7H,3-6,10H2,1-2H3. The highest BCUT2D eigenvalue weighted by Crippen LogP contribution is 2.03. The predicted octanol–water partition coefficient (Wildman–Crippen LogP) is -0.976. The second-order valence-corrected chi connectivity index (χ2v) is 3.69. The molecule has 1 aliphatic heterocycles. The summed E-state index contributed by atoms with van der Waals surface area (Å²) in [6.07, 6.45) is 0.813. The van der Waals surface area contributed by atoms with Gasteiger partial charge in [-0.2, -0.15) is 0 Å². The van der Waals surface area contributed by atoms with E-state index >= 15 is 0 Å². The fourth-order valence-electron chi connectivity index (χ4n) is 1.34. The van der Waals surface area contributed by atoms with E-state index in [1.54, 1.807) is 7.05 Å². The van der Waals surface area contributed by atoms with Gasteiger partial charge in [0, 0.05) is 19.6 Å². The van der Waals surface area contributed by atoms with Crippen molar-refractivity contribution in [1.29, 1.82) is 0 Å². The zero-order valence-electron chi connectivity index (χ0n) is 8.69. The highest BCUT2D eigenvalue weighted by Gasteiger charge is 2.27. The van der Waals surface area contributed by atoms with Gasteiger partial charge in [0.1, 0.15) is 0 Å². The van der Waals surface area contributed by atoms with Crippen LogP contribution in [0.25, 0.3) is 0 Å². The van der Waals surface area contributed by atoms with Gasteiger partial charge < -0.3 is 15.5 Å². The Balaban J connectivity index is 2.53. The second-order valence-electron chi connectivity index (χ2n) is 3.69. The molecule has 0 radical (unpaired) electrons. The first-order valence-corrected chi connectivity index (χ1v) is 4.82. The molecule has 0 saturated carbocycles. The van der Waals surface area contributed by atoms with Crippen LogP contribution in [0.15, 0.2) is 0 Å². The van der Waals surface area contributed by atoms with Crippen molar-refractivity contribution in [1.82, 2.24) is 9.80 Å². The average Bonchev–Trinajstić information content (AvgIpc) is 2.14. The predicted molar refractivity (Wildman–Crippen MR) is 52.5 cm³/mol. The van der Waals surface area contributed by atoms with Crippen molar-refractivity contribution in [3.05, 3.63) is 0 Å². The van der Waals surface area contributed by atoms with Crippen molar-refractivity contribution in [2.75, 3.05) is 26.7 Å². The van der Waals surface area contributed by atoms with Gasteiger partial charge in [-0.25, -0.2) is 0 Å². The SMILES string of the molecule is CCC(N)CN1CC(=O)N(C)CC1=O. The minimum absolute atomic E-state index is 0.0176. The third-order valence-corrected chi connectivity index (χ3v) is 2.46. The molecule has 1 atom stereocenters. The van der Waals surface area contributed by atoms with Crippen LogP contribution < -0.4 is 5.73 Å². The number of rotatable bonds is 3. The van der Waals surface area contributed by atoms with Crippen molar-refractivity contribution >= 4 is 11.8 Å². The van der Waals surface area contributed by atoms with Crippen molar-refractivity contribution in [3.63, 3.8) is 0 Å². The zero-order chi connectivity index (χ0) is 10.7. The molecular formula is C9H17N3O2. The Labute approximate surface area is 83.8 Å². The number of amides is 2. The molecule has 0 spiro atoms. The summed E-state index contributed by atoms with van der Waals surface area (Å²) >= 11 is 0. The summed E-state index contributed by atoms with van der Waals surface area (Å²) in [5.41, 5.74) is 5.73. The molecular weight excluding hydrogens is 182 g/mol. The molecule has 5 heteroatoms. The van der Waals surface area contributed by atoms with Crippen LogP contribution >= 0.6 is 0 Å². The zero-order valence-corrected chi connectivity index (χ0v) is 8.69. The molecule has 1 heterocycles. The number of hydrogen-bond donors (Lipinski definition) is 1. The summed E-state index contributed by atoms with van der Waals surface area (Å²) in [5, 5.41) is 0. The van der Waals surface area contributed by atoms with Gasteiger partial charge in [-0.05, 0) is 6.42 Å². The highest BCUT2D eigenvalue weighted by atomic mass is 16.2.